The molecule has 0 saturated carbocycles. The molecule has 0 aliphatic carbocycles. The van der Waals surface area contributed by atoms with Gasteiger partial charge < -0.3 is 20.7 Å². The molecule has 0 unspecified atom stereocenters. The third kappa shape index (κ3) is 7.76. The van der Waals surface area contributed by atoms with Crippen molar-refractivity contribution >= 4 is 17.8 Å². The standard InChI is InChI=1S/C14H20FN3O3/c1-14(2,3)21-13(20)17-9-8-16-12(19)18-11-6-4-10(15)5-7-11/h4-7H,8-9H2,1-3H3,(H,17,20)(H2,16,18,19). The second kappa shape index (κ2) is 7.47. The number of benzene rings is 1. The molecule has 0 aliphatic rings. The Morgan fingerprint density at radius 2 is 1.67 bits per heavy atom. The SMILES string of the molecule is CC(C)(C)OC(=O)NCCNC(=O)Nc1ccc(F)cc1. The van der Waals surface area contributed by atoms with Crippen LogP contribution in [0.15, 0.2) is 24.3 Å². The van der Waals surface area contributed by atoms with Crippen molar-refractivity contribution in [1.29, 1.82) is 0 Å². The molecule has 116 valence electrons. The monoisotopic (exact) mass is 297 g/mol. The number of carbonyl (C=O) groups is 2. The number of urea groups is 1. The van der Waals surface area contributed by atoms with Gasteiger partial charge in [0.15, 0.2) is 0 Å². The van der Waals surface area contributed by atoms with Crippen molar-refractivity contribution in [1.82, 2.24) is 10.6 Å². The van der Waals surface area contributed by atoms with Crippen molar-refractivity contribution in [3.8, 4) is 0 Å². The smallest absolute Gasteiger partial charge is 0.407 e. The van der Waals surface area contributed by atoms with E-state index in [1.807, 2.05) is 0 Å². The molecule has 0 aromatic heterocycles. The maximum absolute atomic E-state index is 12.7. The minimum absolute atomic E-state index is 0.242. The molecule has 3 N–H and O–H groups in total. The van der Waals surface area contributed by atoms with Gasteiger partial charge in [-0.2, -0.15) is 0 Å². The highest BCUT2D eigenvalue weighted by molar-refractivity contribution is 5.89. The van der Waals surface area contributed by atoms with E-state index < -0.39 is 17.7 Å². The summed E-state index contributed by atoms with van der Waals surface area (Å²) in [7, 11) is 0. The number of alkyl carbamates (subject to hydrolysis) is 1. The lowest BCUT2D eigenvalue weighted by atomic mass is 10.2. The lowest BCUT2D eigenvalue weighted by Crippen LogP contribution is -2.39. The maximum Gasteiger partial charge on any atom is 0.407 e. The van der Waals surface area contributed by atoms with Gasteiger partial charge in [0, 0.05) is 18.8 Å². The zero-order valence-corrected chi connectivity index (χ0v) is 12.3. The Labute approximate surface area is 123 Å². The fraction of sp³-hybridized carbons (Fsp3) is 0.429. The fourth-order valence-corrected chi connectivity index (χ4v) is 1.36. The fourth-order valence-electron chi connectivity index (χ4n) is 1.36. The van der Waals surface area contributed by atoms with Crippen molar-refractivity contribution in [3.63, 3.8) is 0 Å². The summed E-state index contributed by atoms with van der Waals surface area (Å²) in [5, 5.41) is 7.60. The molecule has 0 bridgehead atoms. The zero-order valence-electron chi connectivity index (χ0n) is 12.3. The Kier molecular flexibility index (Phi) is 5.95. The van der Waals surface area contributed by atoms with E-state index >= 15 is 0 Å². The first kappa shape index (κ1) is 16.7. The van der Waals surface area contributed by atoms with Gasteiger partial charge in [0.1, 0.15) is 11.4 Å². The van der Waals surface area contributed by atoms with E-state index in [1.165, 1.54) is 24.3 Å². The first-order valence-corrected chi connectivity index (χ1v) is 6.53. The van der Waals surface area contributed by atoms with Gasteiger partial charge in [-0.1, -0.05) is 0 Å². The third-order valence-corrected chi connectivity index (χ3v) is 2.18. The van der Waals surface area contributed by atoms with E-state index in [2.05, 4.69) is 16.0 Å². The van der Waals surface area contributed by atoms with Crippen LogP contribution in [0.2, 0.25) is 0 Å². The molecule has 0 saturated heterocycles. The Morgan fingerprint density at radius 1 is 1.10 bits per heavy atom. The van der Waals surface area contributed by atoms with Crippen LogP contribution in [0, 0.1) is 5.82 Å². The highest BCUT2D eigenvalue weighted by atomic mass is 19.1. The Hall–Kier alpha value is -2.31. The topological polar surface area (TPSA) is 79.5 Å². The lowest BCUT2D eigenvalue weighted by molar-refractivity contribution is 0.0528. The molecule has 1 aromatic carbocycles. The maximum atomic E-state index is 12.7. The molecular formula is C14H20FN3O3. The first-order valence-electron chi connectivity index (χ1n) is 6.53. The van der Waals surface area contributed by atoms with E-state index in [0.29, 0.717) is 5.69 Å². The summed E-state index contributed by atoms with van der Waals surface area (Å²) in [6.45, 7) is 5.78. The van der Waals surface area contributed by atoms with Crippen LogP contribution in [-0.4, -0.2) is 30.8 Å². The summed E-state index contributed by atoms with van der Waals surface area (Å²) in [6, 6.07) is 4.97. The normalized spacial score (nSPS) is 10.7. The summed E-state index contributed by atoms with van der Waals surface area (Å²) < 4.78 is 17.7. The van der Waals surface area contributed by atoms with Gasteiger partial charge in [-0.25, -0.2) is 14.0 Å². The number of amides is 3. The van der Waals surface area contributed by atoms with E-state index in [1.54, 1.807) is 20.8 Å². The molecule has 1 aromatic rings. The second-order valence-electron chi connectivity index (χ2n) is 5.32. The van der Waals surface area contributed by atoms with Gasteiger partial charge in [-0.3, -0.25) is 0 Å². The van der Waals surface area contributed by atoms with E-state index in [-0.39, 0.29) is 18.9 Å². The van der Waals surface area contributed by atoms with Crippen LogP contribution in [0.3, 0.4) is 0 Å². The number of halogens is 1. The first-order chi connectivity index (χ1) is 9.76. The van der Waals surface area contributed by atoms with Crippen LogP contribution < -0.4 is 16.0 Å². The van der Waals surface area contributed by atoms with Crippen LogP contribution in [0.5, 0.6) is 0 Å². The number of ether oxygens (including phenoxy) is 1. The van der Waals surface area contributed by atoms with Gasteiger partial charge in [-0.05, 0) is 45.0 Å². The van der Waals surface area contributed by atoms with Crippen LogP contribution in [-0.2, 0) is 4.74 Å². The molecule has 1 rings (SSSR count). The minimum atomic E-state index is -0.558. The van der Waals surface area contributed by atoms with Crippen LogP contribution in [0.25, 0.3) is 0 Å². The van der Waals surface area contributed by atoms with Gasteiger partial charge in [-0.15, -0.1) is 0 Å². The second-order valence-corrected chi connectivity index (χ2v) is 5.32. The summed E-state index contributed by atoms with van der Waals surface area (Å²) >= 11 is 0. The molecule has 6 nitrogen and oxygen atoms in total. The molecular weight excluding hydrogens is 277 g/mol. The summed E-state index contributed by atoms with van der Waals surface area (Å²) in [5.74, 6) is -0.373. The number of hydrogen-bond acceptors (Lipinski definition) is 3. The van der Waals surface area contributed by atoms with Crippen LogP contribution >= 0.6 is 0 Å². The van der Waals surface area contributed by atoms with Crippen molar-refractivity contribution in [2.24, 2.45) is 0 Å². The summed E-state index contributed by atoms with van der Waals surface area (Å²) in [4.78, 5) is 22.8. The molecule has 21 heavy (non-hydrogen) atoms. The lowest BCUT2D eigenvalue weighted by Gasteiger charge is -2.19. The third-order valence-electron chi connectivity index (χ3n) is 2.18. The van der Waals surface area contributed by atoms with Gasteiger partial charge in [0.05, 0.1) is 0 Å². The highest BCUT2D eigenvalue weighted by Gasteiger charge is 2.15. The highest BCUT2D eigenvalue weighted by Crippen LogP contribution is 2.07. The number of anilines is 1. The molecule has 7 heteroatoms. The average molecular weight is 297 g/mol. The summed E-state index contributed by atoms with van der Waals surface area (Å²) in [6.07, 6.45) is -0.539. The average Bonchev–Trinajstić information content (AvgIpc) is 2.35. The number of nitrogens with one attached hydrogen (secondary N) is 3. The van der Waals surface area contributed by atoms with E-state index in [0.717, 1.165) is 0 Å². The molecule has 0 spiro atoms. The molecule has 0 radical (unpaired) electrons. The van der Waals surface area contributed by atoms with E-state index in [9.17, 15) is 14.0 Å². The molecule has 0 atom stereocenters. The van der Waals surface area contributed by atoms with E-state index in [4.69, 9.17) is 4.74 Å². The zero-order chi connectivity index (χ0) is 15.9. The molecule has 0 heterocycles. The van der Waals surface area contributed by atoms with Gasteiger partial charge in [0.2, 0.25) is 0 Å². The number of hydrogen-bond donors (Lipinski definition) is 3. The van der Waals surface area contributed by atoms with Crippen LogP contribution in [0.4, 0.5) is 19.7 Å². The van der Waals surface area contributed by atoms with Crippen molar-refractivity contribution in [2.75, 3.05) is 18.4 Å². The Bertz CT molecular complexity index is 483. The molecule has 0 fully saturated rings. The Balaban J connectivity index is 2.19. The van der Waals surface area contributed by atoms with Gasteiger partial charge in [0.25, 0.3) is 0 Å². The van der Waals surface area contributed by atoms with Gasteiger partial charge >= 0.3 is 12.1 Å². The number of rotatable bonds is 4. The van der Waals surface area contributed by atoms with Crippen LogP contribution in [0.1, 0.15) is 20.8 Å². The quantitative estimate of drug-likeness (QED) is 0.747. The van der Waals surface area contributed by atoms with Crippen molar-refractivity contribution in [3.05, 3.63) is 30.1 Å². The Morgan fingerprint density at radius 3 is 2.24 bits per heavy atom. The minimum Gasteiger partial charge on any atom is -0.444 e. The van der Waals surface area contributed by atoms with Crippen molar-refractivity contribution in [2.45, 2.75) is 26.4 Å². The number of carbonyl (C=O) groups excluding carboxylic acids is 2. The largest absolute Gasteiger partial charge is 0.444 e. The predicted octanol–water partition coefficient (Wildman–Crippen LogP) is 2.47. The predicted molar refractivity (Wildman–Crippen MR) is 77.7 cm³/mol. The summed E-state index contributed by atoms with van der Waals surface area (Å²) in [5.41, 5.74) is -0.0775. The molecule has 0 aliphatic heterocycles. The molecule has 3 amide bonds. The van der Waals surface area contributed by atoms with Crippen molar-refractivity contribution < 1.29 is 18.7 Å².